The van der Waals surface area contributed by atoms with E-state index in [0.717, 1.165) is 22.9 Å². The maximum absolute atomic E-state index is 12.9. The van der Waals surface area contributed by atoms with Crippen LogP contribution in [-0.2, 0) is 11.4 Å². The molecule has 0 N–H and O–H groups in total. The van der Waals surface area contributed by atoms with Crippen molar-refractivity contribution in [1.29, 1.82) is 0 Å². The van der Waals surface area contributed by atoms with E-state index in [-0.39, 0.29) is 30.9 Å². The predicted molar refractivity (Wildman–Crippen MR) is 143 cm³/mol. The number of imide groups is 1. The Kier molecular flexibility index (Phi) is 8.46. The fourth-order valence-electron chi connectivity index (χ4n) is 3.50. The molecule has 2 amide bonds. The van der Waals surface area contributed by atoms with Gasteiger partial charge >= 0.3 is 0 Å². The normalized spacial score (nSPS) is 14.4. The van der Waals surface area contributed by atoms with Crippen LogP contribution in [-0.4, -0.2) is 36.3 Å². The van der Waals surface area contributed by atoms with E-state index in [1.165, 1.54) is 12.0 Å². The first-order chi connectivity index (χ1) is 17.3. The van der Waals surface area contributed by atoms with Gasteiger partial charge in [0.15, 0.2) is 11.5 Å². The number of hydrogen-bond acceptors (Lipinski definition) is 6. The Morgan fingerprint density at radius 2 is 1.78 bits per heavy atom. The number of amides is 2. The summed E-state index contributed by atoms with van der Waals surface area (Å²) in [6.07, 6.45) is 1.61. The molecule has 0 bridgehead atoms. The first-order valence-electron chi connectivity index (χ1n) is 11.0. The van der Waals surface area contributed by atoms with Gasteiger partial charge in [-0.2, -0.15) is 0 Å². The number of nitrogens with zero attached hydrogens (tertiary/aromatic N) is 1. The highest BCUT2D eigenvalue weighted by molar-refractivity contribution is 8.18. The number of carbonyl (C=O) groups excluding carboxylic acids is 2. The SMILES string of the molecule is COc1cc(/C=C2\SC(=O)N(CCOc3cccc(C)c3)C2=O)cc(Cl)c1OCc1ccc(Cl)cc1. The Balaban J connectivity index is 1.43. The third-order valence-corrected chi connectivity index (χ3v) is 6.73. The van der Waals surface area contributed by atoms with E-state index >= 15 is 0 Å². The molecule has 3 aromatic carbocycles. The molecular formula is C27H23Cl2NO5S. The highest BCUT2D eigenvalue weighted by Gasteiger charge is 2.35. The summed E-state index contributed by atoms with van der Waals surface area (Å²) >= 11 is 13.3. The van der Waals surface area contributed by atoms with Crippen LogP contribution in [0.3, 0.4) is 0 Å². The second-order valence-corrected chi connectivity index (χ2v) is 9.78. The first kappa shape index (κ1) is 25.9. The van der Waals surface area contributed by atoms with E-state index in [1.807, 2.05) is 43.3 Å². The monoisotopic (exact) mass is 543 g/mol. The predicted octanol–water partition coefficient (Wildman–Crippen LogP) is 7.00. The van der Waals surface area contributed by atoms with E-state index in [0.29, 0.717) is 37.8 Å². The van der Waals surface area contributed by atoms with E-state index < -0.39 is 0 Å². The standard InChI is InChI=1S/C27H23Cl2NO5S/c1-17-4-3-5-21(12-17)34-11-10-30-26(31)24(36-27(30)32)15-19-13-22(29)25(23(14-19)33-2)35-16-18-6-8-20(28)9-7-18/h3-9,12-15H,10-11,16H2,1-2H3/b24-15-. The summed E-state index contributed by atoms with van der Waals surface area (Å²) in [5.74, 6) is 1.11. The number of benzene rings is 3. The summed E-state index contributed by atoms with van der Waals surface area (Å²) < 4.78 is 17.0. The van der Waals surface area contributed by atoms with Gasteiger partial charge in [0.2, 0.25) is 0 Å². The summed E-state index contributed by atoms with van der Waals surface area (Å²) in [5.41, 5.74) is 2.59. The molecule has 0 aliphatic carbocycles. The van der Waals surface area contributed by atoms with Gasteiger partial charge in [-0.15, -0.1) is 0 Å². The Morgan fingerprint density at radius 1 is 1.00 bits per heavy atom. The molecule has 36 heavy (non-hydrogen) atoms. The van der Waals surface area contributed by atoms with Crippen molar-refractivity contribution in [3.63, 3.8) is 0 Å². The molecule has 0 radical (unpaired) electrons. The Hall–Kier alpha value is -3.13. The number of ether oxygens (including phenoxy) is 3. The lowest BCUT2D eigenvalue weighted by Gasteiger charge is -2.14. The van der Waals surface area contributed by atoms with Gasteiger partial charge in [0.25, 0.3) is 11.1 Å². The maximum atomic E-state index is 12.9. The molecule has 0 atom stereocenters. The number of carbonyl (C=O) groups is 2. The average molecular weight is 544 g/mol. The Labute approximate surface area is 223 Å². The largest absolute Gasteiger partial charge is 0.493 e. The number of aryl methyl sites for hydroxylation is 1. The molecule has 0 unspecified atom stereocenters. The smallest absolute Gasteiger partial charge is 0.293 e. The van der Waals surface area contributed by atoms with Crippen LogP contribution < -0.4 is 14.2 Å². The minimum Gasteiger partial charge on any atom is -0.493 e. The van der Waals surface area contributed by atoms with Crippen molar-refractivity contribution in [2.75, 3.05) is 20.3 Å². The van der Waals surface area contributed by atoms with Gasteiger partial charge in [-0.25, -0.2) is 0 Å². The van der Waals surface area contributed by atoms with E-state index in [4.69, 9.17) is 37.4 Å². The first-order valence-corrected chi connectivity index (χ1v) is 12.6. The molecule has 6 nitrogen and oxygen atoms in total. The number of rotatable bonds is 9. The quantitative estimate of drug-likeness (QED) is 0.270. The van der Waals surface area contributed by atoms with Gasteiger partial charge in [-0.1, -0.05) is 47.5 Å². The fourth-order valence-corrected chi connectivity index (χ4v) is 4.77. The van der Waals surface area contributed by atoms with Crippen LogP contribution in [0.1, 0.15) is 16.7 Å². The molecular weight excluding hydrogens is 521 g/mol. The summed E-state index contributed by atoms with van der Waals surface area (Å²) in [7, 11) is 1.51. The summed E-state index contributed by atoms with van der Waals surface area (Å²) in [6.45, 7) is 2.59. The number of hydrogen-bond donors (Lipinski definition) is 0. The Morgan fingerprint density at radius 3 is 2.50 bits per heavy atom. The van der Waals surface area contributed by atoms with Crippen molar-refractivity contribution in [3.8, 4) is 17.2 Å². The van der Waals surface area contributed by atoms with Crippen LogP contribution in [0.25, 0.3) is 6.08 Å². The molecule has 1 heterocycles. The second kappa shape index (κ2) is 11.7. The summed E-state index contributed by atoms with van der Waals surface area (Å²) in [6, 6.07) is 18.2. The van der Waals surface area contributed by atoms with Crippen molar-refractivity contribution >= 4 is 52.2 Å². The van der Waals surface area contributed by atoms with Crippen LogP contribution in [0.2, 0.25) is 10.0 Å². The van der Waals surface area contributed by atoms with Crippen LogP contribution in [0.4, 0.5) is 4.79 Å². The summed E-state index contributed by atoms with van der Waals surface area (Å²) in [5, 5.41) is 0.613. The van der Waals surface area contributed by atoms with Gasteiger partial charge in [-0.3, -0.25) is 14.5 Å². The average Bonchev–Trinajstić information content (AvgIpc) is 3.11. The molecule has 1 fully saturated rings. The lowest BCUT2D eigenvalue weighted by atomic mass is 10.1. The van der Waals surface area contributed by atoms with Crippen molar-refractivity contribution in [1.82, 2.24) is 4.90 Å². The minimum absolute atomic E-state index is 0.150. The molecule has 0 saturated carbocycles. The van der Waals surface area contributed by atoms with Crippen molar-refractivity contribution < 1.29 is 23.8 Å². The fraction of sp³-hybridized carbons (Fsp3) is 0.185. The minimum atomic E-state index is -0.379. The number of thioether (sulfide) groups is 1. The molecule has 1 saturated heterocycles. The summed E-state index contributed by atoms with van der Waals surface area (Å²) in [4.78, 5) is 26.8. The Bertz CT molecular complexity index is 1310. The number of methoxy groups -OCH3 is 1. The maximum Gasteiger partial charge on any atom is 0.293 e. The highest BCUT2D eigenvalue weighted by atomic mass is 35.5. The van der Waals surface area contributed by atoms with Crippen LogP contribution >= 0.6 is 35.0 Å². The molecule has 4 rings (SSSR count). The van der Waals surface area contributed by atoms with Crippen LogP contribution in [0.15, 0.2) is 65.6 Å². The van der Waals surface area contributed by atoms with Gasteiger partial charge in [0.05, 0.1) is 23.6 Å². The third kappa shape index (κ3) is 6.35. The van der Waals surface area contributed by atoms with Gasteiger partial charge in [0, 0.05) is 5.02 Å². The lowest BCUT2D eigenvalue weighted by molar-refractivity contribution is -0.123. The van der Waals surface area contributed by atoms with Crippen molar-refractivity contribution in [3.05, 3.63) is 92.3 Å². The number of halogens is 2. The van der Waals surface area contributed by atoms with E-state index in [2.05, 4.69) is 0 Å². The molecule has 9 heteroatoms. The lowest BCUT2D eigenvalue weighted by Crippen LogP contribution is -2.32. The van der Waals surface area contributed by atoms with Gasteiger partial charge in [-0.05, 0) is 77.9 Å². The molecule has 186 valence electrons. The zero-order valence-corrected chi connectivity index (χ0v) is 22.0. The highest BCUT2D eigenvalue weighted by Crippen LogP contribution is 2.39. The molecule has 1 aliphatic heterocycles. The zero-order chi connectivity index (χ0) is 25.7. The van der Waals surface area contributed by atoms with Crippen LogP contribution in [0.5, 0.6) is 17.2 Å². The van der Waals surface area contributed by atoms with Crippen molar-refractivity contribution in [2.24, 2.45) is 0 Å². The van der Waals surface area contributed by atoms with Crippen molar-refractivity contribution in [2.45, 2.75) is 13.5 Å². The van der Waals surface area contributed by atoms with Gasteiger partial charge < -0.3 is 14.2 Å². The molecule has 0 aromatic heterocycles. The zero-order valence-electron chi connectivity index (χ0n) is 19.6. The topological polar surface area (TPSA) is 65.1 Å². The molecule has 0 spiro atoms. The van der Waals surface area contributed by atoms with E-state index in [1.54, 1.807) is 30.3 Å². The second-order valence-electron chi connectivity index (χ2n) is 7.95. The molecule has 3 aromatic rings. The molecule has 1 aliphatic rings. The van der Waals surface area contributed by atoms with E-state index in [9.17, 15) is 9.59 Å². The van der Waals surface area contributed by atoms with Crippen LogP contribution in [0, 0.1) is 6.92 Å². The third-order valence-electron chi connectivity index (χ3n) is 5.29. The van der Waals surface area contributed by atoms with Gasteiger partial charge in [0.1, 0.15) is 19.0 Å².